The highest BCUT2D eigenvalue weighted by molar-refractivity contribution is 7.09. The molecule has 1 aromatic rings. The van der Waals surface area contributed by atoms with Gasteiger partial charge in [-0.3, -0.25) is 9.69 Å². The lowest BCUT2D eigenvalue weighted by Gasteiger charge is -2.33. The molecule has 1 saturated heterocycles. The van der Waals surface area contributed by atoms with Gasteiger partial charge in [-0.15, -0.1) is 11.3 Å². The molecular formula is C19H31N3OS. The van der Waals surface area contributed by atoms with E-state index in [4.69, 9.17) is 4.98 Å². The summed E-state index contributed by atoms with van der Waals surface area (Å²) in [5.41, 5.74) is 0.938. The smallest absolute Gasteiger partial charge is 0.225 e. The van der Waals surface area contributed by atoms with E-state index in [0.717, 1.165) is 38.4 Å². The highest BCUT2D eigenvalue weighted by Gasteiger charge is 2.27. The van der Waals surface area contributed by atoms with E-state index in [1.165, 1.54) is 36.4 Å². The summed E-state index contributed by atoms with van der Waals surface area (Å²) < 4.78 is 0. The highest BCUT2D eigenvalue weighted by Crippen LogP contribution is 2.35. The minimum Gasteiger partial charge on any atom is -0.353 e. The molecule has 2 aliphatic rings. The van der Waals surface area contributed by atoms with Gasteiger partial charge in [0.1, 0.15) is 0 Å². The van der Waals surface area contributed by atoms with E-state index < -0.39 is 0 Å². The van der Waals surface area contributed by atoms with Gasteiger partial charge in [0, 0.05) is 42.4 Å². The average molecular weight is 350 g/mol. The summed E-state index contributed by atoms with van der Waals surface area (Å²) >= 11 is 1.85. The summed E-state index contributed by atoms with van der Waals surface area (Å²) in [4.78, 5) is 19.5. The largest absolute Gasteiger partial charge is 0.353 e. The Morgan fingerprint density at radius 2 is 1.92 bits per heavy atom. The molecule has 0 radical (unpaired) electrons. The Hall–Kier alpha value is -0.940. The lowest BCUT2D eigenvalue weighted by atomic mass is 9.94. The molecule has 2 fully saturated rings. The maximum absolute atomic E-state index is 12.1. The van der Waals surface area contributed by atoms with E-state index in [1.807, 2.05) is 32.1 Å². The van der Waals surface area contributed by atoms with Crippen LogP contribution < -0.4 is 5.32 Å². The monoisotopic (exact) mass is 349 g/mol. The van der Waals surface area contributed by atoms with Crippen LogP contribution >= 0.6 is 11.3 Å². The van der Waals surface area contributed by atoms with Crippen LogP contribution in [0.2, 0.25) is 0 Å². The summed E-state index contributed by atoms with van der Waals surface area (Å²) in [6, 6.07) is 0.331. The van der Waals surface area contributed by atoms with Crippen molar-refractivity contribution in [3.05, 3.63) is 16.1 Å². The number of nitrogens with zero attached hydrogens (tertiary/aromatic N) is 2. The number of carbonyl (C=O) groups excluding carboxylic acids is 1. The number of hydrogen-bond donors (Lipinski definition) is 1. The van der Waals surface area contributed by atoms with E-state index in [0.29, 0.717) is 6.04 Å². The van der Waals surface area contributed by atoms with Gasteiger partial charge in [-0.25, -0.2) is 4.98 Å². The lowest BCUT2D eigenvalue weighted by Crippen LogP contribution is -2.47. The molecule has 1 N–H and O–H groups in total. The second kappa shape index (κ2) is 7.52. The third kappa shape index (κ3) is 4.57. The number of aromatic nitrogens is 1. The van der Waals surface area contributed by atoms with Gasteiger partial charge in [-0.05, 0) is 25.7 Å². The number of amides is 1. The first-order valence-corrected chi connectivity index (χ1v) is 10.3. The van der Waals surface area contributed by atoms with E-state index in [1.54, 1.807) is 0 Å². The second-order valence-electron chi connectivity index (χ2n) is 8.43. The molecule has 1 aromatic heterocycles. The van der Waals surface area contributed by atoms with Gasteiger partial charge in [0.25, 0.3) is 0 Å². The fraction of sp³-hybridized carbons (Fsp3) is 0.789. The molecule has 0 atom stereocenters. The van der Waals surface area contributed by atoms with Crippen molar-refractivity contribution >= 4 is 17.2 Å². The molecule has 24 heavy (non-hydrogen) atoms. The summed E-state index contributed by atoms with van der Waals surface area (Å²) in [7, 11) is 0. The van der Waals surface area contributed by atoms with Crippen LogP contribution in [0.5, 0.6) is 0 Å². The van der Waals surface area contributed by atoms with Crippen LogP contribution in [0.15, 0.2) is 5.38 Å². The molecule has 1 amide bonds. The normalized spacial score (nSPS) is 21.3. The van der Waals surface area contributed by atoms with Gasteiger partial charge < -0.3 is 5.32 Å². The third-order valence-corrected chi connectivity index (χ3v) is 6.32. The van der Waals surface area contributed by atoms with Crippen molar-refractivity contribution in [1.29, 1.82) is 0 Å². The molecule has 1 saturated carbocycles. The Balaban J connectivity index is 1.45. The SMILES string of the molecule is CC(C)(C)C(=O)NC1CCN(Cc2csc(C3CCCC3)n2)CC1. The van der Waals surface area contributed by atoms with Crippen LogP contribution in [0.3, 0.4) is 0 Å². The molecule has 0 aromatic carbocycles. The first-order valence-electron chi connectivity index (χ1n) is 9.39. The van der Waals surface area contributed by atoms with Gasteiger partial charge in [0.2, 0.25) is 5.91 Å². The van der Waals surface area contributed by atoms with Crippen molar-refractivity contribution in [1.82, 2.24) is 15.2 Å². The van der Waals surface area contributed by atoms with Gasteiger partial charge >= 0.3 is 0 Å². The first kappa shape index (κ1) is 17.9. The van der Waals surface area contributed by atoms with Crippen molar-refractivity contribution in [2.24, 2.45) is 5.41 Å². The molecule has 1 aliphatic carbocycles. The Kier molecular flexibility index (Phi) is 5.60. The van der Waals surface area contributed by atoms with Gasteiger partial charge in [0.05, 0.1) is 10.7 Å². The molecule has 4 nitrogen and oxygen atoms in total. The maximum Gasteiger partial charge on any atom is 0.225 e. The summed E-state index contributed by atoms with van der Waals surface area (Å²) in [5, 5.41) is 6.81. The Labute approximate surface area is 150 Å². The van der Waals surface area contributed by atoms with Crippen LogP contribution in [-0.2, 0) is 11.3 Å². The Bertz CT molecular complexity index is 549. The summed E-state index contributed by atoms with van der Waals surface area (Å²) in [6.07, 6.45) is 7.47. The molecular weight excluding hydrogens is 318 g/mol. The predicted octanol–water partition coefficient (Wildman–Crippen LogP) is 3.93. The van der Waals surface area contributed by atoms with Crippen molar-refractivity contribution in [3.8, 4) is 0 Å². The van der Waals surface area contributed by atoms with Crippen molar-refractivity contribution in [2.75, 3.05) is 13.1 Å². The zero-order valence-corrected chi connectivity index (χ0v) is 16.1. The third-order valence-electron chi connectivity index (χ3n) is 5.26. The number of thiazole rings is 1. The summed E-state index contributed by atoms with van der Waals surface area (Å²) in [5.74, 6) is 0.892. The van der Waals surface area contributed by atoms with Crippen molar-refractivity contribution < 1.29 is 4.79 Å². The number of carbonyl (C=O) groups is 1. The van der Waals surface area contributed by atoms with E-state index in [2.05, 4.69) is 15.6 Å². The molecule has 0 bridgehead atoms. The van der Waals surface area contributed by atoms with Crippen LogP contribution in [0, 0.1) is 5.41 Å². The van der Waals surface area contributed by atoms with Crippen molar-refractivity contribution in [3.63, 3.8) is 0 Å². The number of hydrogen-bond acceptors (Lipinski definition) is 4. The zero-order chi connectivity index (χ0) is 17.2. The molecule has 0 unspecified atom stereocenters. The number of rotatable bonds is 4. The standard InChI is InChI=1S/C19H31N3OS/c1-19(2,3)18(23)21-15-8-10-22(11-9-15)12-16-13-24-17(20-16)14-6-4-5-7-14/h13-15H,4-12H2,1-3H3,(H,21,23). The molecule has 5 heteroatoms. The Morgan fingerprint density at radius 3 is 2.54 bits per heavy atom. The fourth-order valence-electron chi connectivity index (χ4n) is 3.62. The summed E-state index contributed by atoms with van der Waals surface area (Å²) in [6.45, 7) is 8.98. The zero-order valence-electron chi connectivity index (χ0n) is 15.3. The van der Waals surface area contributed by atoms with E-state index in [-0.39, 0.29) is 11.3 Å². The highest BCUT2D eigenvalue weighted by atomic mass is 32.1. The van der Waals surface area contributed by atoms with Gasteiger partial charge in [0.15, 0.2) is 0 Å². The predicted molar refractivity (Wildman–Crippen MR) is 99.2 cm³/mol. The first-order chi connectivity index (χ1) is 11.4. The molecule has 0 spiro atoms. The number of nitrogens with one attached hydrogen (secondary N) is 1. The molecule has 1 aliphatic heterocycles. The number of piperidine rings is 1. The Morgan fingerprint density at radius 1 is 1.25 bits per heavy atom. The van der Waals surface area contributed by atoms with Gasteiger partial charge in [-0.2, -0.15) is 0 Å². The minimum absolute atomic E-state index is 0.168. The minimum atomic E-state index is -0.297. The van der Waals surface area contributed by atoms with E-state index >= 15 is 0 Å². The van der Waals surface area contributed by atoms with Crippen LogP contribution in [0.25, 0.3) is 0 Å². The van der Waals surface area contributed by atoms with Crippen LogP contribution in [-0.4, -0.2) is 34.9 Å². The molecule has 134 valence electrons. The van der Waals surface area contributed by atoms with Crippen LogP contribution in [0.1, 0.15) is 75.9 Å². The molecule has 3 rings (SSSR count). The maximum atomic E-state index is 12.1. The average Bonchev–Trinajstić information content (AvgIpc) is 3.19. The quantitative estimate of drug-likeness (QED) is 0.896. The number of likely N-dealkylation sites (tertiary alicyclic amines) is 1. The van der Waals surface area contributed by atoms with Crippen LogP contribution in [0.4, 0.5) is 0 Å². The fourth-order valence-corrected chi connectivity index (χ4v) is 4.60. The molecule has 2 heterocycles. The topological polar surface area (TPSA) is 45.2 Å². The van der Waals surface area contributed by atoms with E-state index in [9.17, 15) is 4.79 Å². The van der Waals surface area contributed by atoms with Gasteiger partial charge in [-0.1, -0.05) is 33.6 Å². The van der Waals surface area contributed by atoms with Crippen molar-refractivity contribution in [2.45, 2.75) is 77.8 Å². The second-order valence-corrected chi connectivity index (χ2v) is 9.32. The lowest BCUT2D eigenvalue weighted by molar-refractivity contribution is -0.129.